The van der Waals surface area contributed by atoms with Crippen molar-refractivity contribution in [3.05, 3.63) is 59.4 Å². The van der Waals surface area contributed by atoms with Crippen LogP contribution in [0.3, 0.4) is 0 Å². The van der Waals surface area contributed by atoms with Crippen molar-refractivity contribution in [3.63, 3.8) is 0 Å². The van der Waals surface area contributed by atoms with Gasteiger partial charge in [0.2, 0.25) is 5.91 Å². The zero-order valence-corrected chi connectivity index (χ0v) is 16.0. The van der Waals surface area contributed by atoms with Crippen molar-refractivity contribution in [3.8, 4) is 0 Å². The van der Waals surface area contributed by atoms with E-state index in [1.807, 2.05) is 50.2 Å². The SMILES string of the molecule is Cc1cccc(C)c1NC(=O)C1CCN(Cc2nc3ccccc3[nH]2)CC1. The van der Waals surface area contributed by atoms with Crippen LogP contribution in [0, 0.1) is 19.8 Å². The summed E-state index contributed by atoms with van der Waals surface area (Å²) in [5.41, 5.74) is 5.29. The molecule has 1 amide bonds. The predicted molar refractivity (Wildman–Crippen MR) is 109 cm³/mol. The first-order chi connectivity index (χ1) is 13.1. The molecule has 0 spiro atoms. The van der Waals surface area contributed by atoms with E-state index in [4.69, 9.17) is 0 Å². The van der Waals surface area contributed by atoms with Crippen molar-refractivity contribution in [2.24, 2.45) is 5.92 Å². The Morgan fingerprint density at radius 1 is 1.11 bits per heavy atom. The Morgan fingerprint density at radius 3 is 2.52 bits per heavy atom. The summed E-state index contributed by atoms with van der Waals surface area (Å²) in [5.74, 6) is 1.22. The molecule has 0 atom stereocenters. The van der Waals surface area contributed by atoms with Gasteiger partial charge in [-0.2, -0.15) is 0 Å². The number of aromatic amines is 1. The van der Waals surface area contributed by atoms with Crippen LogP contribution in [0.15, 0.2) is 42.5 Å². The number of carbonyl (C=O) groups excluding carboxylic acids is 1. The van der Waals surface area contributed by atoms with Crippen molar-refractivity contribution in [2.45, 2.75) is 33.2 Å². The van der Waals surface area contributed by atoms with Gasteiger partial charge in [-0.15, -0.1) is 0 Å². The molecule has 0 unspecified atom stereocenters. The van der Waals surface area contributed by atoms with E-state index in [1.165, 1.54) is 0 Å². The summed E-state index contributed by atoms with van der Waals surface area (Å²) in [5, 5.41) is 3.15. The minimum absolute atomic E-state index is 0.0796. The second-order valence-electron chi connectivity index (χ2n) is 7.51. The van der Waals surface area contributed by atoms with E-state index in [-0.39, 0.29) is 11.8 Å². The van der Waals surface area contributed by atoms with Crippen molar-refractivity contribution < 1.29 is 4.79 Å². The van der Waals surface area contributed by atoms with Crippen molar-refractivity contribution >= 4 is 22.6 Å². The summed E-state index contributed by atoms with van der Waals surface area (Å²) < 4.78 is 0. The van der Waals surface area contributed by atoms with Crippen LogP contribution in [-0.2, 0) is 11.3 Å². The van der Waals surface area contributed by atoms with Crippen LogP contribution < -0.4 is 5.32 Å². The van der Waals surface area contributed by atoms with Gasteiger partial charge in [-0.1, -0.05) is 30.3 Å². The lowest BCUT2D eigenvalue weighted by atomic mass is 9.95. The van der Waals surface area contributed by atoms with E-state index in [1.54, 1.807) is 0 Å². The number of H-pyrrole nitrogens is 1. The van der Waals surface area contributed by atoms with E-state index in [0.29, 0.717) is 0 Å². The number of imidazole rings is 1. The highest BCUT2D eigenvalue weighted by molar-refractivity contribution is 5.94. The summed E-state index contributed by atoms with van der Waals surface area (Å²) in [4.78, 5) is 23.1. The second kappa shape index (κ2) is 7.53. The average Bonchev–Trinajstić information content (AvgIpc) is 3.07. The molecule has 27 heavy (non-hydrogen) atoms. The van der Waals surface area contributed by atoms with E-state index in [9.17, 15) is 4.79 Å². The third kappa shape index (κ3) is 3.88. The van der Waals surface area contributed by atoms with E-state index in [2.05, 4.69) is 26.3 Å². The summed E-state index contributed by atoms with van der Waals surface area (Å²) in [6, 6.07) is 14.2. The van der Waals surface area contributed by atoms with Gasteiger partial charge >= 0.3 is 0 Å². The summed E-state index contributed by atoms with van der Waals surface area (Å²) in [7, 11) is 0. The molecule has 3 aromatic rings. The van der Waals surface area contributed by atoms with Crippen LogP contribution in [-0.4, -0.2) is 33.9 Å². The number of piperidine rings is 1. The molecule has 0 bridgehead atoms. The Balaban J connectivity index is 1.33. The number of anilines is 1. The number of hydrogen-bond donors (Lipinski definition) is 2. The molecule has 5 nitrogen and oxygen atoms in total. The standard InChI is InChI=1S/C22H26N4O/c1-15-6-5-7-16(2)21(15)25-22(27)17-10-12-26(13-11-17)14-20-23-18-8-3-4-9-19(18)24-20/h3-9,17H,10-14H2,1-2H3,(H,23,24)(H,25,27). The third-order valence-corrected chi connectivity index (χ3v) is 5.50. The van der Waals surface area contributed by atoms with E-state index in [0.717, 1.165) is 66.1 Å². The minimum Gasteiger partial charge on any atom is -0.341 e. The number of hydrogen-bond acceptors (Lipinski definition) is 3. The highest BCUT2D eigenvalue weighted by Crippen LogP contribution is 2.24. The largest absolute Gasteiger partial charge is 0.341 e. The van der Waals surface area contributed by atoms with Gasteiger partial charge in [0.15, 0.2) is 0 Å². The predicted octanol–water partition coefficient (Wildman–Crippen LogP) is 4.03. The molecule has 5 heteroatoms. The van der Waals surface area contributed by atoms with Crippen LogP contribution in [0.4, 0.5) is 5.69 Å². The monoisotopic (exact) mass is 362 g/mol. The zero-order chi connectivity index (χ0) is 18.8. The topological polar surface area (TPSA) is 61.0 Å². The first-order valence-electron chi connectivity index (χ1n) is 9.63. The van der Waals surface area contributed by atoms with Gasteiger partial charge < -0.3 is 10.3 Å². The second-order valence-corrected chi connectivity index (χ2v) is 7.51. The van der Waals surface area contributed by atoms with Gasteiger partial charge in [0.05, 0.1) is 17.6 Å². The lowest BCUT2D eigenvalue weighted by Gasteiger charge is -2.30. The number of para-hydroxylation sites is 3. The number of aryl methyl sites for hydroxylation is 2. The quantitative estimate of drug-likeness (QED) is 0.737. The summed E-state index contributed by atoms with van der Waals surface area (Å²) in [6.07, 6.45) is 1.77. The number of aromatic nitrogens is 2. The number of rotatable bonds is 4. The van der Waals surface area contributed by atoms with Crippen LogP contribution in [0.2, 0.25) is 0 Å². The van der Waals surface area contributed by atoms with E-state index < -0.39 is 0 Å². The van der Waals surface area contributed by atoms with Crippen LogP contribution >= 0.6 is 0 Å². The first kappa shape index (κ1) is 17.7. The molecular formula is C22H26N4O. The molecular weight excluding hydrogens is 336 g/mol. The maximum absolute atomic E-state index is 12.7. The zero-order valence-electron chi connectivity index (χ0n) is 16.0. The van der Waals surface area contributed by atoms with E-state index >= 15 is 0 Å². The number of amides is 1. The third-order valence-electron chi connectivity index (χ3n) is 5.50. The highest BCUT2D eigenvalue weighted by Gasteiger charge is 2.26. The molecule has 1 saturated heterocycles. The van der Waals surface area contributed by atoms with Crippen molar-refractivity contribution in [1.29, 1.82) is 0 Å². The molecule has 2 aromatic carbocycles. The molecule has 1 aliphatic heterocycles. The Morgan fingerprint density at radius 2 is 1.81 bits per heavy atom. The number of nitrogens with zero attached hydrogens (tertiary/aromatic N) is 2. The molecule has 0 aliphatic carbocycles. The molecule has 2 N–H and O–H groups in total. The van der Waals surface area contributed by atoms with Crippen LogP contribution in [0.25, 0.3) is 11.0 Å². The molecule has 1 aromatic heterocycles. The average molecular weight is 362 g/mol. The van der Waals surface area contributed by atoms with Gasteiger partial charge in [-0.05, 0) is 63.0 Å². The molecule has 140 valence electrons. The Kier molecular flexibility index (Phi) is 4.94. The summed E-state index contributed by atoms with van der Waals surface area (Å²) >= 11 is 0. The van der Waals surface area contributed by atoms with Gasteiger partial charge in [0.1, 0.15) is 5.82 Å². The first-order valence-corrected chi connectivity index (χ1v) is 9.63. The molecule has 0 saturated carbocycles. The van der Waals surface area contributed by atoms with Crippen molar-refractivity contribution in [1.82, 2.24) is 14.9 Å². The van der Waals surface area contributed by atoms with Crippen LogP contribution in [0.5, 0.6) is 0 Å². The maximum Gasteiger partial charge on any atom is 0.227 e. The Hall–Kier alpha value is -2.66. The number of carbonyl (C=O) groups is 1. The van der Waals surface area contributed by atoms with Gasteiger partial charge in [-0.3, -0.25) is 9.69 Å². The molecule has 1 aliphatic rings. The highest BCUT2D eigenvalue weighted by atomic mass is 16.1. The van der Waals surface area contributed by atoms with Crippen molar-refractivity contribution in [2.75, 3.05) is 18.4 Å². The van der Waals surface area contributed by atoms with Gasteiger partial charge in [-0.25, -0.2) is 4.98 Å². The smallest absolute Gasteiger partial charge is 0.227 e. The lowest BCUT2D eigenvalue weighted by molar-refractivity contribution is -0.121. The lowest BCUT2D eigenvalue weighted by Crippen LogP contribution is -2.38. The molecule has 4 rings (SSSR count). The molecule has 2 heterocycles. The Labute approximate surface area is 159 Å². The fourth-order valence-electron chi connectivity index (χ4n) is 3.88. The fraction of sp³-hybridized carbons (Fsp3) is 0.364. The number of likely N-dealkylation sites (tertiary alicyclic amines) is 1. The van der Waals surface area contributed by atoms with Crippen LogP contribution in [0.1, 0.15) is 29.8 Å². The van der Waals surface area contributed by atoms with Gasteiger partial charge in [0, 0.05) is 11.6 Å². The normalized spacial score (nSPS) is 15.9. The maximum atomic E-state index is 12.7. The molecule has 1 fully saturated rings. The minimum atomic E-state index is 0.0796. The molecule has 0 radical (unpaired) electrons. The number of nitrogens with one attached hydrogen (secondary N) is 2. The fourth-order valence-corrected chi connectivity index (χ4v) is 3.88. The van der Waals surface area contributed by atoms with Gasteiger partial charge in [0.25, 0.3) is 0 Å². The summed E-state index contributed by atoms with van der Waals surface area (Å²) in [6.45, 7) is 6.72. The Bertz CT molecular complexity index is 901. The number of fused-ring (bicyclic) bond motifs is 1. The number of benzene rings is 2.